The first-order valence-corrected chi connectivity index (χ1v) is 8.34. The number of hydrogen-bond acceptors (Lipinski definition) is 6. The number of aromatic amines is 1. The lowest BCUT2D eigenvalue weighted by Crippen LogP contribution is -2.11. The molecule has 1 aromatic heterocycles. The van der Waals surface area contributed by atoms with Crippen molar-refractivity contribution in [1.82, 2.24) is 9.97 Å². The summed E-state index contributed by atoms with van der Waals surface area (Å²) in [6, 6.07) is 15.0. The number of imidazole rings is 1. The van der Waals surface area contributed by atoms with E-state index in [2.05, 4.69) is 20.5 Å². The molecule has 1 heterocycles. The number of rotatable bonds is 4. The maximum atomic E-state index is 11.2. The standard InChI is InChI=1S/C15H12N6O2S/c16-9-14(15-18-12-3-1-2-4-13(12)19-15)21-20-10-5-7-11(8-6-10)24(17,22)23/h1-8,20H,(H,18,19)(H2,17,22,23). The minimum absolute atomic E-state index is 0.00480. The highest BCUT2D eigenvalue weighted by Crippen LogP contribution is 2.14. The van der Waals surface area contributed by atoms with E-state index in [0.29, 0.717) is 11.5 Å². The molecule has 9 heteroatoms. The maximum Gasteiger partial charge on any atom is 0.238 e. The zero-order valence-corrected chi connectivity index (χ0v) is 13.1. The van der Waals surface area contributed by atoms with Gasteiger partial charge in [0.05, 0.1) is 21.6 Å². The van der Waals surface area contributed by atoms with Crippen LogP contribution in [-0.2, 0) is 10.0 Å². The van der Waals surface area contributed by atoms with Gasteiger partial charge in [0.2, 0.25) is 15.7 Å². The van der Waals surface area contributed by atoms with Gasteiger partial charge in [0.25, 0.3) is 0 Å². The van der Waals surface area contributed by atoms with Crippen molar-refractivity contribution in [3.63, 3.8) is 0 Å². The van der Waals surface area contributed by atoms with Crippen LogP contribution in [-0.4, -0.2) is 24.1 Å². The number of benzene rings is 2. The molecule has 0 saturated carbocycles. The Morgan fingerprint density at radius 3 is 2.54 bits per heavy atom. The van der Waals surface area contributed by atoms with Crippen LogP contribution in [0.25, 0.3) is 11.0 Å². The number of nitrogens with one attached hydrogen (secondary N) is 2. The van der Waals surface area contributed by atoms with Crippen LogP contribution in [0.4, 0.5) is 5.69 Å². The molecule has 0 unspecified atom stereocenters. The van der Waals surface area contributed by atoms with Crippen molar-refractivity contribution < 1.29 is 8.42 Å². The predicted octanol–water partition coefficient (Wildman–Crippen LogP) is 1.55. The molecule has 24 heavy (non-hydrogen) atoms. The molecule has 0 saturated heterocycles. The van der Waals surface area contributed by atoms with Gasteiger partial charge in [-0.1, -0.05) is 12.1 Å². The first-order chi connectivity index (χ1) is 11.5. The zero-order chi connectivity index (χ0) is 17.2. The Morgan fingerprint density at radius 1 is 1.21 bits per heavy atom. The molecule has 0 fully saturated rings. The lowest BCUT2D eigenvalue weighted by Gasteiger charge is -2.02. The first kappa shape index (κ1) is 15.7. The summed E-state index contributed by atoms with van der Waals surface area (Å²) in [6.07, 6.45) is 0. The van der Waals surface area contributed by atoms with Crippen molar-refractivity contribution in [1.29, 1.82) is 5.26 Å². The molecule has 8 nitrogen and oxygen atoms in total. The largest absolute Gasteiger partial charge is 0.336 e. The summed E-state index contributed by atoms with van der Waals surface area (Å²) in [6.45, 7) is 0. The molecular weight excluding hydrogens is 328 g/mol. The lowest BCUT2D eigenvalue weighted by molar-refractivity contribution is 0.598. The van der Waals surface area contributed by atoms with E-state index in [1.165, 1.54) is 24.3 Å². The molecule has 0 radical (unpaired) electrons. The van der Waals surface area contributed by atoms with Gasteiger partial charge in [0.1, 0.15) is 6.07 Å². The predicted molar refractivity (Wildman–Crippen MR) is 89.7 cm³/mol. The zero-order valence-electron chi connectivity index (χ0n) is 12.3. The van der Waals surface area contributed by atoms with Crippen LogP contribution in [0, 0.1) is 11.3 Å². The molecule has 0 amide bonds. The number of aromatic nitrogens is 2. The van der Waals surface area contributed by atoms with Gasteiger partial charge < -0.3 is 4.98 Å². The molecule has 3 aromatic rings. The fraction of sp³-hybridized carbons (Fsp3) is 0. The molecule has 0 spiro atoms. The smallest absolute Gasteiger partial charge is 0.238 e. The Kier molecular flexibility index (Phi) is 3.99. The van der Waals surface area contributed by atoms with E-state index >= 15 is 0 Å². The van der Waals surface area contributed by atoms with Gasteiger partial charge in [-0.2, -0.15) is 10.4 Å². The molecule has 0 bridgehead atoms. The number of primary sulfonamides is 1. The maximum absolute atomic E-state index is 11.2. The van der Waals surface area contributed by atoms with E-state index in [1.54, 1.807) is 0 Å². The Morgan fingerprint density at radius 2 is 1.92 bits per heavy atom. The number of nitrogens with zero attached hydrogens (tertiary/aromatic N) is 3. The molecule has 0 aliphatic rings. The van der Waals surface area contributed by atoms with Crippen LogP contribution in [0.5, 0.6) is 0 Å². The summed E-state index contributed by atoms with van der Waals surface area (Å²) in [7, 11) is -3.74. The van der Waals surface area contributed by atoms with Crippen LogP contribution in [0.15, 0.2) is 58.5 Å². The van der Waals surface area contributed by atoms with Crippen LogP contribution in [0.3, 0.4) is 0 Å². The van der Waals surface area contributed by atoms with Crippen LogP contribution in [0.1, 0.15) is 5.82 Å². The van der Waals surface area contributed by atoms with Gasteiger partial charge in [0.15, 0.2) is 5.82 Å². The second-order valence-electron chi connectivity index (χ2n) is 4.86. The van der Waals surface area contributed by atoms with Crippen molar-refractivity contribution in [2.45, 2.75) is 4.90 Å². The van der Waals surface area contributed by atoms with Gasteiger partial charge in [0, 0.05) is 0 Å². The molecule has 0 atom stereocenters. The summed E-state index contributed by atoms with van der Waals surface area (Å²) >= 11 is 0. The Bertz CT molecular complexity index is 1030. The van der Waals surface area contributed by atoms with Crippen LogP contribution in [0.2, 0.25) is 0 Å². The summed E-state index contributed by atoms with van der Waals surface area (Å²) in [5.74, 6) is 0.340. The molecule has 3 rings (SSSR count). The van der Waals surface area contributed by atoms with Crippen LogP contribution < -0.4 is 10.6 Å². The SMILES string of the molecule is N#CC(=NNc1ccc(S(N)(=O)=O)cc1)c1nc2ccccc2[nH]1. The number of sulfonamides is 1. The minimum Gasteiger partial charge on any atom is -0.336 e. The number of nitrogens with two attached hydrogens (primary N) is 1. The molecule has 0 aliphatic carbocycles. The lowest BCUT2D eigenvalue weighted by atomic mass is 10.3. The van der Waals surface area contributed by atoms with Gasteiger partial charge >= 0.3 is 0 Å². The van der Waals surface area contributed by atoms with Crippen molar-refractivity contribution in [2.75, 3.05) is 5.43 Å². The van der Waals surface area contributed by atoms with E-state index in [0.717, 1.165) is 11.0 Å². The average molecular weight is 340 g/mol. The summed E-state index contributed by atoms with van der Waals surface area (Å²) in [5.41, 5.74) is 4.79. The summed E-state index contributed by atoms with van der Waals surface area (Å²) in [4.78, 5) is 7.30. The number of anilines is 1. The average Bonchev–Trinajstić information content (AvgIpc) is 2.99. The van der Waals surface area contributed by atoms with Gasteiger partial charge in [-0.3, -0.25) is 5.43 Å². The highest BCUT2D eigenvalue weighted by molar-refractivity contribution is 7.89. The van der Waals surface area contributed by atoms with Crippen molar-refractivity contribution >= 4 is 32.5 Å². The first-order valence-electron chi connectivity index (χ1n) is 6.79. The topological polar surface area (TPSA) is 137 Å². The van der Waals surface area contributed by atoms with E-state index < -0.39 is 10.0 Å². The molecule has 2 aromatic carbocycles. The molecule has 120 valence electrons. The van der Waals surface area contributed by atoms with E-state index in [4.69, 9.17) is 5.14 Å². The van der Waals surface area contributed by atoms with Crippen molar-refractivity contribution in [2.24, 2.45) is 10.2 Å². The highest BCUT2D eigenvalue weighted by Gasteiger charge is 2.10. The number of hydrogen-bond donors (Lipinski definition) is 3. The third kappa shape index (κ3) is 3.24. The summed E-state index contributed by atoms with van der Waals surface area (Å²) in [5, 5.41) is 18.3. The normalized spacial score (nSPS) is 12.1. The molecular formula is C15H12N6O2S. The monoisotopic (exact) mass is 340 g/mol. The second kappa shape index (κ2) is 6.11. The van der Waals surface area contributed by atoms with Gasteiger partial charge in [-0.15, -0.1) is 0 Å². The van der Waals surface area contributed by atoms with Gasteiger partial charge in [-0.25, -0.2) is 18.5 Å². The quantitative estimate of drug-likeness (QED) is 0.489. The number of hydrazone groups is 1. The molecule has 4 N–H and O–H groups in total. The molecule has 0 aliphatic heterocycles. The number of nitriles is 1. The number of H-pyrrole nitrogens is 1. The highest BCUT2D eigenvalue weighted by atomic mass is 32.2. The van der Waals surface area contributed by atoms with Crippen molar-refractivity contribution in [3.05, 3.63) is 54.4 Å². The van der Waals surface area contributed by atoms with E-state index in [9.17, 15) is 13.7 Å². The number of para-hydroxylation sites is 2. The van der Waals surface area contributed by atoms with E-state index in [-0.39, 0.29) is 10.6 Å². The van der Waals surface area contributed by atoms with E-state index in [1.807, 2.05) is 30.3 Å². The fourth-order valence-electron chi connectivity index (χ4n) is 2.04. The third-order valence-corrected chi connectivity index (χ3v) is 4.13. The Hall–Kier alpha value is -3.22. The van der Waals surface area contributed by atoms with Gasteiger partial charge in [-0.05, 0) is 36.4 Å². The summed E-state index contributed by atoms with van der Waals surface area (Å²) < 4.78 is 22.4. The van der Waals surface area contributed by atoms with Crippen molar-refractivity contribution in [3.8, 4) is 6.07 Å². The minimum atomic E-state index is -3.74. The Balaban J connectivity index is 1.85. The van der Waals surface area contributed by atoms with Crippen LogP contribution >= 0.6 is 0 Å². The second-order valence-corrected chi connectivity index (χ2v) is 6.42. The number of fused-ring (bicyclic) bond motifs is 1. The fourth-order valence-corrected chi connectivity index (χ4v) is 2.55. The third-order valence-electron chi connectivity index (χ3n) is 3.20. The Labute approximate surface area is 137 Å².